The van der Waals surface area contributed by atoms with Crippen molar-refractivity contribution in [3.8, 4) is 0 Å². The van der Waals surface area contributed by atoms with E-state index < -0.39 is 0 Å². The van der Waals surface area contributed by atoms with Gasteiger partial charge in [0.1, 0.15) is 0 Å². The zero-order valence-electron chi connectivity index (χ0n) is 13.1. The number of hydrogen-bond donors (Lipinski definition) is 2. The SMILES string of the molecule is CCCNCCCCCc1ccc2cc(CN)ccc2n1. The van der Waals surface area contributed by atoms with E-state index >= 15 is 0 Å². The number of fused-ring (bicyclic) bond motifs is 1. The monoisotopic (exact) mass is 285 g/mol. The number of nitrogens with two attached hydrogens (primary N) is 1. The summed E-state index contributed by atoms with van der Waals surface area (Å²) < 4.78 is 0. The molecular formula is C18H27N3. The maximum Gasteiger partial charge on any atom is 0.0705 e. The number of rotatable bonds is 9. The maximum absolute atomic E-state index is 5.67. The lowest BCUT2D eigenvalue weighted by molar-refractivity contribution is 0.597. The topological polar surface area (TPSA) is 50.9 Å². The Labute approximate surface area is 128 Å². The maximum atomic E-state index is 5.67. The number of aryl methyl sites for hydroxylation is 1. The van der Waals surface area contributed by atoms with E-state index in [1.807, 2.05) is 0 Å². The Bertz CT molecular complexity index is 551. The predicted molar refractivity (Wildman–Crippen MR) is 90.4 cm³/mol. The number of aromatic nitrogens is 1. The molecule has 0 spiro atoms. The third kappa shape index (κ3) is 5.10. The summed E-state index contributed by atoms with van der Waals surface area (Å²) in [6.07, 6.45) is 6.03. The van der Waals surface area contributed by atoms with Crippen LogP contribution in [0.3, 0.4) is 0 Å². The Hall–Kier alpha value is -1.45. The normalized spacial score (nSPS) is 11.1. The van der Waals surface area contributed by atoms with Gasteiger partial charge >= 0.3 is 0 Å². The number of nitrogens with one attached hydrogen (secondary N) is 1. The van der Waals surface area contributed by atoms with Crippen LogP contribution < -0.4 is 11.1 Å². The Morgan fingerprint density at radius 3 is 2.76 bits per heavy atom. The minimum atomic E-state index is 0.587. The molecule has 2 aromatic rings. The van der Waals surface area contributed by atoms with Crippen LogP contribution in [0.4, 0.5) is 0 Å². The molecule has 3 nitrogen and oxygen atoms in total. The highest BCUT2D eigenvalue weighted by atomic mass is 14.8. The molecule has 21 heavy (non-hydrogen) atoms. The van der Waals surface area contributed by atoms with E-state index in [0.717, 1.165) is 30.6 Å². The summed E-state index contributed by atoms with van der Waals surface area (Å²) in [7, 11) is 0. The summed E-state index contributed by atoms with van der Waals surface area (Å²) in [5, 5.41) is 4.63. The molecule has 0 unspecified atom stereocenters. The summed E-state index contributed by atoms with van der Waals surface area (Å²) >= 11 is 0. The molecule has 0 aliphatic rings. The third-order valence-corrected chi connectivity index (χ3v) is 3.76. The minimum absolute atomic E-state index is 0.587. The van der Waals surface area contributed by atoms with Gasteiger partial charge in [-0.25, -0.2) is 0 Å². The predicted octanol–water partition coefficient (Wildman–Crippen LogP) is 3.41. The Morgan fingerprint density at radius 2 is 1.95 bits per heavy atom. The molecular weight excluding hydrogens is 258 g/mol. The highest BCUT2D eigenvalue weighted by Crippen LogP contribution is 2.16. The van der Waals surface area contributed by atoms with Crippen LogP contribution in [0.25, 0.3) is 10.9 Å². The van der Waals surface area contributed by atoms with Gasteiger partial charge in [0.05, 0.1) is 5.52 Å². The van der Waals surface area contributed by atoms with Crippen LogP contribution in [0.15, 0.2) is 30.3 Å². The lowest BCUT2D eigenvalue weighted by Gasteiger charge is -2.05. The molecule has 0 fully saturated rings. The van der Waals surface area contributed by atoms with Crippen LogP contribution in [0.2, 0.25) is 0 Å². The van der Waals surface area contributed by atoms with Gasteiger partial charge in [-0.05, 0) is 62.5 Å². The Kier molecular flexibility index (Phi) is 6.64. The van der Waals surface area contributed by atoms with Gasteiger partial charge in [0, 0.05) is 17.6 Å². The van der Waals surface area contributed by atoms with Crippen molar-refractivity contribution in [1.82, 2.24) is 10.3 Å². The van der Waals surface area contributed by atoms with Gasteiger partial charge in [0.15, 0.2) is 0 Å². The molecule has 0 aliphatic heterocycles. The van der Waals surface area contributed by atoms with Crippen molar-refractivity contribution in [2.75, 3.05) is 13.1 Å². The van der Waals surface area contributed by atoms with E-state index in [4.69, 9.17) is 10.7 Å². The first kappa shape index (κ1) is 15.9. The number of hydrogen-bond acceptors (Lipinski definition) is 3. The molecule has 1 aromatic heterocycles. The molecule has 2 rings (SSSR count). The largest absolute Gasteiger partial charge is 0.326 e. The van der Waals surface area contributed by atoms with E-state index in [1.54, 1.807) is 0 Å². The second-order valence-corrected chi connectivity index (χ2v) is 5.59. The lowest BCUT2D eigenvalue weighted by Crippen LogP contribution is -2.15. The lowest BCUT2D eigenvalue weighted by atomic mass is 10.1. The molecule has 0 aliphatic carbocycles. The van der Waals surface area contributed by atoms with Crippen LogP contribution in [-0.4, -0.2) is 18.1 Å². The van der Waals surface area contributed by atoms with E-state index in [-0.39, 0.29) is 0 Å². The van der Waals surface area contributed by atoms with Gasteiger partial charge in [0.25, 0.3) is 0 Å². The van der Waals surface area contributed by atoms with Gasteiger partial charge in [-0.1, -0.05) is 25.5 Å². The van der Waals surface area contributed by atoms with Crippen molar-refractivity contribution in [1.29, 1.82) is 0 Å². The average molecular weight is 285 g/mol. The van der Waals surface area contributed by atoms with Gasteiger partial charge in [0.2, 0.25) is 0 Å². The van der Waals surface area contributed by atoms with Crippen molar-refractivity contribution in [2.24, 2.45) is 5.73 Å². The Morgan fingerprint density at radius 1 is 1.05 bits per heavy atom. The summed E-state index contributed by atoms with van der Waals surface area (Å²) in [5.74, 6) is 0. The van der Waals surface area contributed by atoms with Gasteiger partial charge in [-0.15, -0.1) is 0 Å². The first-order valence-corrected chi connectivity index (χ1v) is 8.13. The fourth-order valence-electron chi connectivity index (χ4n) is 2.52. The number of unbranched alkanes of at least 4 members (excludes halogenated alkanes) is 2. The number of pyridine rings is 1. The van der Waals surface area contributed by atoms with Crippen molar-refractivity contribution >= 4 is 10.9 Å². The van der Waals surface area contributed by atoms with Gasteiger partial charge in [-0.3, -0.25) is 4.98 Å². The molecule has 3 N–H and O–H groups in total. The highest BCUT2D eigenvalue weighted by Gasteiger charge is 2.00. The highest BCUT2D eigenvalue weighted by molar-refractivity contribution is 5.79. The second kappa shape index (κ2) is 8.75. The third-order valence-electron chi connectivity index (χ3n) is 3.76. The van der Waals surface area contributed by atoms with Crippen LogP contribution in [0.1, 0.15) is 43.9 Å². The summed E-state index contributed by atoms with van der Waals surface area (Å²) in [4.78, 5) is 4.74. The number of benzene rings is 1. The molecule has 1 heterocycles. The Balaban J connectivity index is 1.80. The molecule has 1 aromatic carbocycles. The van der Waals surface area contributed by atoms with Crippen molar-refractivity contribution in [3.05, 3.63) is 41.6 Å². The van der Waals surface area contributed by atoms with Crippen LogP contribution in [0, 0.1) is 0 Å². The summed E-state index contributed by atoms with van der Waals surface area (Å²) in [6.45, 7) is 5.07. The molecule has 0 saturated carbocycles. The zero-order chi connectivity index (χ0) is 14.9. The van der Waals surface area contributed by atoms with Crippen LogP contribution in [-0.2, 0) is 13.0 Å². The van der Waals surface area contributed by atoms with E-state index in [0.29, 0.717) is 6.54 Å². The van der Waals surface area contributed by atoms with Crippen molar-refractivity contribution in [2.45, 2.75) is 45.6 Å². The van der Waals surface area contributed by atoms with E-state index in [1.165, 1.54) is 36.8 Å². The van der Waals surface area contributed by atoms with Crippen molar-refractivity contribution in [3.63, 3.8) is 0 Å². The van der Waals surface area contributed by atoms with Crippen LogP contribution in [0.5, 0.6) is 0 Å². The first-order valence-electron chi connectivity index (χ1n) is 8.13. The minimum Gasteiger partial charge on any atom is -0.326 e. The molecule has 0 atom stereocenters. The van der Waals surface area contributed by atoms with E-state index in [2.05, 4.69) is 42.6 Å². The number of nitrogens with zero attached hydrogens (tertiary/aromatic N) is 1. The van der Waals surface area contributed by atoms with E-state index in [9.17, 15) is 0 Å². The van der Waals surface area contributed by atoms with Crippen molar-refractivity contribution < 1.29 is 0 Å². The van der Waals surface area contributed by atoms with Crippen LogP contribution >= 0.6 is 0 Å². The molecule has 3 heteroatoms. The molecule has 114 valence electrons. The summed E-state index contributed by atoms with van der Waals surface area (Å²) in [5.41, 5.74) is 9.11. The van der Waals surface area contributed by atoms with Gasteiger partial charge < -0.3 is 11.1 Å². The zero-order valence-corrected chi connectivity index (χ0v) is 13.1. The fourth-order valence-corrected chi connectivity index (χ4v) is 2.52. The summed E-state index contributed by atoms with van der Waals surface area (Å²) in [6, 6.07) is 10.6. The standard InChI is InChI=1S/C18H27N3/c1-2-11-20-12-5-3-4-6-17-9-8-16-13-15(14-19)7-10-18(16)21-17/h7-10,13,20H,2-6,11-12,14,19H2,1H3. The second-order valence-electron chi connectivity index (χ2n) is 5.59. The van der Waals surface area contributed by atoms with Gasteiger partial charge in [-0.2, -0.15) is 0 Å². The molecule has 0 radical (unpaired) electrons. The molecule has 0 amide bonds. The smallest absolute Gasteiger partial charge is 0.0705 e. The average Bonchev–Trinajstić information content (AvgIpc) is 2.53. The molecule has 0 saturated heterocycles. The molecule has 0 bridgehead atoms. The first-order chi connectivity index (χ1) is 10.3. The fraction of sp³-hybridized carbons (Fsp3) is 0.500. The quantitative estimate of drug-likeness (QED) is 0.694.